The number of hydrogen-bond acceptors (Lipinski definition) is 3. The standard InChI is InChI=1S/C14H25N3/c1-4-14(11-15-5-2)17(6-3)12-13-7-9-16-10-8-13/h7-10,14-15H,4-6,11-12H2,1-3H3. The van der Waals surface area contributed by atoms with Crippen LogP contribution >= 0.6 is 0 Å². The first kappa shape index (κ1) is 14.1. The molecule has 0 aliphatic rings. The van der Waals surface area contributed by atoms with Crippen LogP contribution in [0.15, 0.2) is 24.5 Å². The number of nitrogens with zero attached hydrogens (tertiary/aromatic N) is 2. The van der Waals surface area contributed by atoms with Crippen LogP contribution in [0.1, 0.15) is 32.8 Å². The van der Waals surface area contributed by atoms with Crippen LogP contribution in [0.2, 0.25) is 0 Å². The normalized spacial score (nSPS) is 12.9. The predicted molar refractivity (Wildman–Crippen MR) is 72.9 cm³/mol. The molecule has 1 aromatic rings. The third-order valence-corrected chi connectivity index (χ3v) is 3.16. The second-order valence-electron chi connectivity index (χ2n) is 4.29. The third-order valence-electron chi connectivity index (χ3n) is 3.16. The lowest BCUT2D eigenvalue weighted by molar-refractivity contribution is 0.188. The molecule has 1 unspecified atom stereocenters. The Labute approximate surface area is 105 Å². The molecule has 0 bridgehead atoms. The highest BCUT2D eigenvalue weighted by Gasteiger charge is 2.14. The highest BCUT2D eigenvalue weighted by Crippen LogP contribution is 2.09. The number of nitrogens with one attached hydrogen (secondary N) is 1. The van der Waals surface area contributed by atoms with Crippen molar-refractivity contribution in [3.63, 3.8) is 0 Å². The van der Waals surface area contributed by atoms with Gasteiger partial charge in [-0.05, 0) is 37.2 Å². The van der Waals surface area contributed by atoms with Crippen molar-refractivity contribution in [1.29, 1.82) is 0 Å². The van der Waals surface area contributed by atoms with Gasteiger partial charge in [-0.3, -0.25) is 9.88 Å². The van der Waals surface area contributed by atoms with Crippen molar-refractivity contribution in [2.75, 3.05) is 19.6 Å². The summed E-state index contributed by atoms with van der Waals surface area (Å²) in [7, 11) is 0. The van der Waals surface area contributed by atoms with Crippen molar-refractivity contribution in [2.24, 2.45) is 0 Å². The first-order chi connectivity index (χ1) is 8.31. The number of rotatable bonds is 8. The minimum Gasteiger partial charge on any atom is -0.315 e. The van der Waals surface area contributed by atoms with E-state index in [-0.39, 0.29) is 0 Å². The summed E-state index contributed by atoms with van der Waals surface area (Å²) < 4.78 is 0. The van der Waals surface area contributed by atoms with Crippen molar-refractivity contribution >= 4 is 0 Å². The quantitative estimate of drug-likeness (QED) is 0.749. The van der Waals surface area contributed by atoms with Gasteiger partial charge in [0.2, 0.25) is 0 Å². The topological polar surface area (TPSA) is 28.2 Å². The average Bonchev–Trinajstić information content (AvgIpc) is 2.39. The van der Waals surface area contributed by atoms with Gasteiger partial charge in [0.25, 0.3) is 0 Å². The minimum atomic E-state index is 0.619. The predicted octanol–water partition coefficient (Wildman–Crippen LogP) is 2.29. The Morgan fingerprint density at radius 3 is 2.47 bits per heavy atom. The van der Waals surface area contributed by atoms with Crippen LogP contribution in [0.25, 0.3) is 0 Å². The zero-order chi connectivity index (χ0) is 12.5. The van der Waals surface area contributed by atoms with E-state index >= 15 is 0 Å². The fraction of sp³-hybridized carbons (Fsp3) is 0.643. The molecule has 1 rings (SSSR count). The summed E-state index contributed by atoms with van der Waals surface area (Å²) in [6.07, 6.45) is 4.93. The fourth-order valence-electron chi connectivity index (χ4n) is 2.06. The largest absolute Gasteiger partial charge is 0.315 e. The molecule has 0 amide bonds. The van der Waals surface area contributed by atoms with Gasteiger partial charge in [-0.25, -0.2) is 0 Å². The van der Waals surface area contributed by atoms with E-state index in [2.05, 4.69) is 48.1 Å². The Morgan fingerprint density at radius 2 is 1.94 bits per heavy atom. The maximum Gasteiger partial charge on any atom is 0.0271 e. The van der Waals surface area contributed by atoms with Crippen LogP contribution in [0.5, 0.6) is 0 Å². The van der Waals surface area contributed by atoms with Crippen molar-refractivity contribution in [2.45, 2.75) is 39.8 Å². The lowest BCUT2D eigenvalue weighted by Crippen LogP contribution is -2.41. The Balaban J connectivity index is 2.56. The molecule has 1 aromatic heterocycles. The minimum absolute atomic E-state index is 0.619. The molecule has 0 spiro atoms. The summed E-state index contributed by atoms with van der Waals surface area (Å²) in [5.74, 6) is 0. The maximum absolute atomic E-state index is 4.06. The van der Waals surface area contributed by atoms with Gasteiger partial charge in [-0.2, -0.15) is 0 Å². The number of aromatic nitrogens is 1. The van der Waals surface area contributed by atoms with Crippen LogP contribution in [0.4, 0.5) is 0 Å². The van der Waals surface area contributed by atoms with Gasteiger partial charge >= 0.3 is 0 Å². The van der Waals surface area contributed by atoms with Crippen LogP contribution in [-0.4, -0.2) is 35.6 Å². The van der Waals surface area contributed by atoms with E-state index < -0.39 is 0 Å². The fourth-order valence-corrected chi connectivity index (χ4v) is 2.06. The molecule has 0 radical (unpaired) electrons. The number of hydrogen-bond donors (Lipinski definition) is 1. The zero-order valence-corrected chi connectivity index (χ0v) is 11.3. The molecule has 0 aliphatic carbocycles. The average molecular weight is 235 g/mol. The molecule has 0 saturated carbocycles. The molecule has 0 fully saturated rings. The molecule has 17 heavy (non-hydrogen) atoms. The summed E-state index contributed by atoms with van der Waals surface area (Å²) >= 11 is 0. The Morgan fingerprint density at radius 1 is 1.24 bits per heavy atom. The second kappa shape index (κ2) is 8.20. The molecule has 1 N–H and O–H groups in total. The van der Waals surface area contributed by atoms with Gasteiger partial charge in [0.15, 0.2) is 0 Å². The highest BCUT2D eigenvalue weighted by atomic mass is 15.2. The van der Waals surface area contributed by atoms with Gasteiger partial charge in [0.05, 0.1) is 0 Å². The third kappa shape index (κ3) is 4.84. The van der Waals surface area contributed by atoms with E-state index in [0.29, 0.717) is 6.04 Å². The first-order valence-electron chi connectivity index (χ1n) is 6.65. The number of likely N-dealkylation sites (N-methyl/N-ethyl adjacent to an activating group) is 2. The molecule has 3 heteroatoms. The van der Waals surface area contributed by atoms with Crippen molar-refractivity contribution in [1.82, 2.24) is 15.2 Å². The van der Waals surface area contributed by atoms with E-state index in [1.807, 2.05) is 12.4 Å². The molecular weight excluding hydrogens is 210 g/mol. The van der Waals surface area contributed by atoms with Crippen LogP contribution in [0, 0.1) is 0 Å². The SMILES string of the molecule is CCNCC(CC)N(CC)Cc1ccncc1. The highest BCUT2D eigenvalue weighted by molar-refractivity contribution is 5.09. The van der Waals surface area contributed by atoms with E-state index in [1.165, 1.54) is 12.0 Å². The van der Waals surface area contributed by atoms with Gasteiger partial charge in [0, 0.05) is 31.5 Å². The summed E-state index contributed by atoms with van der Waals surface area (Å²) in [6.45, 7) is 10.9. The summed E-state index contributed by atoms with van der Waals surface area (Å²) in [5.41, 5.74) is 1.34. The van der Waals surface area contributed by atoms with Crippen molar-refractivity contribution in [3.05, 3.63) is 30.1 Å². The molecule has 1 atom stereocenters. The summed E-state index contributed by atoms with van der Waals surface area (Å²) in [6, 6.07) is 4.82. The van der Waals surface area contributed by atoms with Crippen LogP contribution in [-0.2, 0) is 6.54 Å². The van der Waals surface area contributed by atoms with E-state index in [0.717, 1.165) is 26.2 Å². The molecule has 96 valence electrons. The first-order valence-corrected chi connectivity index (χ1v) is 6.65. The summed E-state index contributed by atoms with van der Waals surface area (Å²) in [4.78, 5) is 6.59. The van der Waals surface area contributed by atoms with E-state index in [4.69, 9.17) is 0 Å². The monoisotopic (exact) mass is 235 g/mol. The smallest absolute Gasteiger partial charge is 0.0271 e. The van der Waals surface area contributed by atoms with E-state index in [1.54, 1.807) is 0 Å². The van der Waals surface area contributed by atoms with Gasteiger partial charge in [-0.1, -0.05) is 20.8 Å². The van der Waals surface area contributed by atoms with Crippen LogP contribution < -0.4 is 5.32 Å². The molecule has 0 saturated heterocycles. The lowest BCUT2D eigenvalue weighted by atomic mass is 10.1. The van der Waals surface area contributed by atoms with Gasteiger partial charge < -0.3 is 5.32 Å². The Hall–Kier alpha value is -0.930. The molecular formula is C14H25N3. The second-order valence-corrected chi connectivity index (χ2v) is 4.29. The maximum atomic E-state index is 4.06. The van der Waals surface area contributed by atoms with Gasteiger partial charge in [-0.15, -0.1) is 0 Å². The van der Waals surface area contributed by atoms with Crippen molar-refractivity contribution in [3.8, 4) is 0 Å². The summed E-state index contributed by atoms with van der Waals surface area (Å²) in [5, 5.41) is 3.45. The molecule has 1 heterocycles. The number of pyridine rings is 1. The zero-order valence-electron chi connectivity index (χ0n) is 11.3. The molecule has 0 aromatic carbocycles. The molecule has 0 aliphatic heterocycles. The van der Waals surface area contributed by atoms with Crippen molar-refractivity contribution < 1.29 is 0 Å². The van der Waals surface area contributed by atoms with Crippen LogP contribution in [0.3, 0.4) is 0 Å². The molecule has 3 nitrogen and oxygen atoms in total. The van der Waals surface area contributed by atoms with Gasteiger partial charge in [0.1, 0.15) is 0 Å². The Kier molecular flexibility index (Phi) is 6.82. The van der Waals surface area contributed by atoms with E-state index in [9.17, 15) is 0 Å². The lowest BCUT2D eigenvalue weighted by Gasteiger charge is -2.30. The Bertz CT molecular complexity index is 287.